The predicted molar refractivity (Wildman–Crippen MR) is 92.4 cm³/mol. The van der Waals surface area contributed by atoms with E-state index >= 15 is 0 Å². The number of piperazine rings is 1. The number of nitrogens with zero attached hydrogens (tertiary/aromatic N) is 5. The van der Waals surface area contributed by atoms with Crippen LogP contribution in [-0.4, -0.2) is 76.7 Å². The van der Waals surface area contributed by atoms with Crippen LogP contribution in [0.4, 0.5) is 4.79 Å². The van der Waals surface area contributed by atoms with Gasteiger partial charge in [0.1, 0.15) is 5.75 Å². The first-order valence-electron chi connectivity index (χ1n) is 8.40. The Morgan fingerprint density at radius 1 is 1.08 bits per heavy atom. The van der Waals surface area contributed by atoms with Gasteiger partial charge in [0.05, 0.1) is 25.6 Å². The van der Waals surface area contributed by atoms with Gasteiger partial charge in [0.25, 0.3) is 5.91 Å². The lowest BCUT2D eigenvalue weighted by Crippen LogP contribution is -2.50. The van der Waals surface area contributed by atoms with Crippen molar-refractivity contribution in [1.82, 2.24) is 24.8 Å². The Kier molecular flexibility index (Phi) is 5.35. The maximum Gasteiger partial charge on any atom is 0.409 e. The molecule has 9 nitrogen and oxygen atoms in total. The largest absolute Gasteiger partial charge is 0.497 e. The zero-order valence-electron chi connectivity index (χ0n) is 14.8. The van der Waals surface area contributed by atoms with Gasteiger partial charge in [-0.2, -0.15) is 0 Å². The fourth-order valence-corrected chi connectivity index (χ4v) is 2.69. The summed E-state index contributed by atoms with van der Waals surface area (Å²) in [6.45, 7) is 3.87. The summed E-state index contributed by atoms with van der Waals surface area (Å²) in [4.78, 5) is 27.6. The van der Waals surface area contributed by atoms with Crippen LogP contribution in [0.3, 0.4) is 0 Å². The van der Waals surface area contributed by atoms with E-state index in [0.29, 0.717) is 32.8 Å². The van der Waals surface area contributed by atoms with Crippen molar-refractivity contribution in [3.63, 3.8) is 0 Å². The molecule has 1 aliphatic rings. The summed E-state index contributed by atoms with van der Waals surface area (Å²) in [5.74, 6) is 0.540. The van der Waals surface area contributed by atoms with Crippen LogP contribution in [0.5, 0.6) is 5.75 Å². The molecule has 2 heterocycles. The zero-order chi connectivity index (χ0) is 18.5. The Balaban J connectivity index is 1.62. The predicted octanol–water partition coefficient (Wildman–Crippen LogP) is 1.19. The summed E-state index contributed by atoms with van der Waals surface area (Å²) in [6, 6.07) is 7.29. The SMILES string of the molecule is CCOC(=O)N1CCN(C(=O)c2cn(-c3ccc(OC)cc3)nn2)CC1. The average Bonchev–Trinajstić information content (AvgIpc) is 3.18. The van der Waals surface area contributed by atoms with Crippen LogP contribution in [0.25, 0.3) is 5.69 Å². The van der Waals surface area contributed by atoms with Gasteiger partial charge in [0.15, 0.2) is 5.69 Å². The lowest BCUT2D eigenvalue weighted by Gasteiger charge is -2.33. The normalized spacial score (nSPS) is 14.2. The molecular weight excluding hydrogens is 338 g/mol. The van der Waals surface area contributed by atoms with Crippen molar-refractivity contribution in [1.29, 1.82) is 0 Å². The van der Waals surface area contributed by atoms with E-state index in [-0.39, 0.29) is 17.7 Å². The molecule has 0 N–H and O–H groups in total. The van der Waals surface area contributed by atoms with Crippen LogP contribution in [-0.2, 0) is 4.74 Å². The lowest BCUT2D eigenvalue weighted by atomic mass is 10.3. The number of carbonyl (C=O) groups is 2. The molecular formula is C17H21N5O4. The first-order chi connectivity index (χ1) is 12.6. The summed E-state index contributed by atoms with van der Waals surface area (Å²) in [5.41, 5.74) is 1.05. The van der Waals surface area contributed by atoms with Gasteiger partial charge >= 0.3 is 6.09 Å². The number of rotatable bonds is 4. The van der Waals surface area contributed by atoms with E-state index in [0.717, 1.165) is 11.4 Å². The van der Waals surface area contributed by atoms with Gasteiger partial charge in [-0.3, -0.25) is 4.79 Å². The molecule has 138 valence electrons. The minimum Gasteiger partial charge on any atom is -0.497 e. The molecule has 1 aliphatic heterocycles. The molecule has 26 heavy (non-hydrogen) atoms. The van der Waals surface area contributed by atoms with Gasteiger partial charge in [-0.05, 0) is 31.2 Å². The Labute approximate surface area is 151 Å². The van der Waals surface area contributed by atoms with Crippen LogP contribution in [0.1, 0.15) is 17.4 Å². The van der Waals surface area contributed by atoms with E-state index in [1.807, 2.05) is 24.3 Å². The summed E-state index contributed by atoms with van der Waals surface area (Å²) in [6.07, 6.45) is 1.26. The maximum absolute atomic E-state index is 12.6. The van der Waals surface area contributed by atoms with Crippen molar-refractivity contribution in [2.24, 2.45) is 0 Å². The third-order valence-corrected chi connectivity index (χ3v) is 4.14. The molecule has 0 radical (unpaired) electrons. The van der Waals surface area contributed by atoms with Crippen LogP contribution in [0, 0.1) is 0 Å². The fourth-order valence-electron chi connectivity index (χ4n) is 2.69. The van der Waals surface area contributed by atoms with E-state index in [2.05, 4.69) is 10.3 Å². The Morgan fingerprint density at radius 3 is 2.35 bits per heavy atom. The maximum atomic E-state index is 12.6. The summed E-state index contributed by atoms with van der Waals surface area (Å²) < 4.78 is 11.6. The third-order valence-electron chi connectivity index (χ3n) is 4.14. The van der Waals surface area contributed by atoms with E-state index in [1.165, 1.54) is 0 Å². The molecule has 0 bridgehead atoms. The molecule has 2 amide bonds. The van der Waals surface area contributed by atoms with Crippen molar-refractivity contribution in [3.8, 4) is 11.4 Å². The standard InChI is InChI=1S/C17H21N5O4/c1-3-26-17(24)21-10-8-20(9-11-21)16(23)15-12-22(19-18-15)13-4-6-14(25-2)7-5-13/h4-7,12H,3,8-11H2,1-2H3. The second-order valence-corrected chi connectivity index (χ2v) is 5.72. The zero-order valence-corrected chi connectivity index (χ0v) is 14.8. The topological polar surface area (TPSA) is 89.8 Å². The van der Waals surface area contributed by atoms with Gasteiger partial charge in [0, 0.05) is 26.2 Å². The third kappa shape index (κ3) is 3.76. The van der Waals surface area contributed by atoms with Crippen LogP contribution in [0.2, 0.25) is 0 Å². The van der Waals surface area contributed by atoms with Crippen LogP contribution in [0.15, 0.2) is 30.5 Å². The summed E-state index contributed by atoms with van der Waals surface area (Å²) in [5, 5.41) is 8.00. The second-order valence-electron chi connectivity index (χ2n) is 5.72. The Hall–Kier alpha value is -3.10. The van der Waals surface area contributed by atoms with E-state index in [4.69, 9.17) is 9.47 Å². The molecule has 1 fully saturated rings. The van der Waals surface area contributed by atoms with Crippen molar-refractivity contribution in [2.45, 2.75) is 6.92 Å². The quantitative estimate of drug-likeness (QED) is 0.815. The lowest BCUT2D eigenvalue weighted by molar-refractivity contribution is 0.0566. The van der Waals surface area contributed by atoms with Crippen molar-refractivity contribution >= 4 is 12.0 Å². The second kappa shape index (κ2) is 7.85. The number of amides is 2. The molecule has 0 spiro atoms. The number of benzene rings is 1. The highest BCUT2D eigenvalue weighted by molar-refractivity contribution is 5.92. The highest BCUT2D eigenvalue weighted by Gasteiger charge is 2.27. The highest BCUT2D eigenvalue weighted by Crippen LogP contribution is 2.15. The number of aromatic nitrogens is 3. The molecule has 2 aromatic rings. The number of hydrogen-bond donors (Lipinski definition) is 0. The number of carbonyl (C=O) groups excluding carboxylic acids is 2. The molecule has 0 saturated carbocycles. The number of hydrogen-bond acceptors (Lipinski definition) is 6. The molecule has 1 saturated heterocycles. The smallest absolute Gasteiger partial charge is 0.409 e. The van der Waals surface area contributed by atoms with E-state index in [1.54, 1.807) is 34.7 Å². The fraction of sp³-hybridized carbons (Fsp3) is 0.412. The summed E-state index contributed by atoms with van der Waals surface area (Å²) in [7, 11) is 1.60. The number of ether oxygens (including phenoxy) is 2. The van der Waals surface area contributed by atoms with E-state index in [9.17, 15) is 9.59 Å². The first kappa shape index (κ1) is 17.7. The van der Waals surface area contributed by atoms with Crippen LogP contribution >= 0.6 is 0 Å². The molecule has 3 rings (SSSR count). The minimum atomic E-state index is -0.343. The minimum absolute atomic E-state index is 0.201. The van der Waals surface area contributed by atoms with Crippen molar-refractivity contribution in [3.05, 3.63) is 36.2 Å². The summed E-state index contributed by atoms with van der Waals surface area (Å²) >= 11 is 0. The monoisotopic (exact) mass is 359 g/mol. The molecule has 0 aliphatic carbocycles. The van der Waals surface area contributed by atoms with Crippen LogP contribution < -0.4 is 4.74 Å². The van der Waals surface area contributed by atoms with Crippen molar-refractivity contribution < 1.29 is 19.1 Å². The first-order valence-corrected chi connectivity index (χ1v) is 8.40. The Bertz CT molecular complexity index is 766. The van der Waals surface area contributed by atoms with Gasteiger partial charge < -0.3 is 19.3 Å². The van der Waals surface area contributed by atoms with Gasteiger partial charge in [-0.15, -0.1) is 5.10 Å². The average molecular weight is 359 g/mol. The van der Waals surface area contributed by atoms with E-state index < -0.39 is 0 Å². The Morgan fingerprint density at radius 2 is 1.73 bits per heavy atom. The molecule has 0 atom stereocenters. The molecule has 0 unspecified atom stereocenters. The number of methoxy groups -OCH3 is 1. The van der Waals surface area contributed by atoms with Gasteiger partial charge in [0.2, 0.25) is 0 Å². The highest BCUT2D eigenvalue weighted by atomic mass is 16.6. The van der Waals surface area contributed by atoms with Gasteiger partial charge in [-0.25, -0.2) is 9.48 Å². The molecule has 1 aromatic heterocycles. The van der Waals surface area contributed by atoms with Crippen molar-refractivity contribution in [2.75, 3.05) is 39.9 Å². The molecule has 1 aromatic carbocycles. The molecule has 9 heteroatoms. The van der Waals surface area contributed by atoms with Gasteiger partial charge in [-0.1, -0.05) is 5.21 Å².